The first-order valence-corrected chi connectivity index (χ1v) is 6.76. The Bertz CT molecular complexity index is 670. The number of nitrogens with zero attached hydrogens (tertiary/aromatic N) is 4. The first kappa shape index (κ1) is 12.9. The van der Waals surface area contributed by atoms with Gasteiger partial charge in [-0.15, -0.1) is 0 Å². The summed E-state index contributed by atoms with van der Waals surface area (Å²) in [4.78, 5) is 25.5. The molecule has 0 unspecified atom stereocenters. The minimum atomic E-state index is -0.195. The maximum Gasteiger partial charge on any atom is 0.327 e. The van der Waals surface area contributed by atoms with Gasteiger partial charge < -0.3 is 19.9 Å². The van der Waals surface area contributed by atoms with Crippen LogP contribution >= 0.6 is 0 Å². The largest absolute Gasteiger partial charge is 0.464 e. The summed E-state index contributed by atoms with van der Waals surface area (Å²) in [6.07, 6.45) is 0. The van der Waals surface area contributed by atoms with Crippen LogP contribution in [0.15, 0.2) is 4.79 Å². The fourth-order valence-electron chi connectivity index (χ4n) is 2.36. The standard InChI is InChI=1S/C12H18N6O2/c1-3-20-11-15-9-8(14-12(19)17(9)2)10(16-11)18-6-4-13-5-7-18/h13H,3-7H2,1-2H3,(H,14,19). The van der Waals surface area contributed by atoms with E-state index in [1.807, 2.05) is 6.92 Å². The summed E-state index contributed by atoms with van der Waals surface area (Å²) in [5, 5.41) is 3.30. The molecular weight excluding hydrogens is 260 g/mol. The predicted octanol–water partition coefficient (Wildman–Crippen LogP) is -0.535. The van der Waals surface area contributed by atoms with E-state index in [-0.39, 0.29) is 5.69 Å². The van der Waals surface area contributed by atoms with Crippen molar-refractivity contribution < 1.29 is 4.74 Å². The number of nitrogens with one attached hydrogen (secondary N) is 2. The second kappa shape index (κ2) is 5.12. The number of anilines is 1. The summed E-state index contributed by atoms with van der Waals surface area (Å²) < 4.78 is 6.89. The smallest absolute Gasteiger partial charge is 0.327 e. The maximum absolute atomic E-state index is 11.8. The number of H-pyrrole nitrogens is 1. The normalized spacial score (nSPS) is 15.8. The second-order valence-corrected chi connectivity index (χ2v) is 4.69. The lowest BCUT2D eigenvalue weighted by Gasteiger charge is -2.28. The van der Waals surface area contributed by atoms with Crippen molar-refractivity contribution in [3.63, 3.8) is 0 Å². The van der Waals surface area contributed by atoms with Gasteiger partial charge in [-0.1, -0.05) is 0 Å². The minimum Gasteiger partial charge on any atom is -0.464 e. The Kier molecular flexibility index (Phi) is 3.31. The summed E-state index contributed by atoms with van der Waals surface area (Å²) in [5.41, 5.74) is 1.05. The minimum absolute atomic E-state index is 0.195. The van der Waals surface area contributed by atoms with Crippen LogP contribution in [0.25, 0.3) is 11.2 Å². The Morgan fingerprint density at radius 1 is 1.30 bits per heavy atom. The molecule has 1 aliphatic rings. The summed E-state index contributed by atoms with van der Waals surface area (Å²) in [6.45, 7) is 5.85. The highest BCUT2D eigenvalue weighted by Crippen LogP contribution is 2.23. The highest BCUT2D eigenvalue weighted by molar-refractivity contribution is 5.84. The SMILES string of the molecule is CCOc1nc(N2CCNCC2)c2[nH]c(=O)n(C)c2n1. The fraction of sp³-hybridized carbons (Fsp3) is 0.583. The Balaban J connectivity index is 2.16. The maximum atomic E-state index is 11.8. The number of rotatable bonds is 3. The van der Waals surface area contributed by atoms with Crippen LogP contribution < -0.4 is 20.6 Å². The number of piperazine rings is 1. The Morgan fingerprint density at radius 2 is 2.05 bits per heavy atom. The third-order valence-electron chi connectivity index (χ3n) is 3.39. The lowest BCUT2D eigenvalue weighted by molar-refractivity contribution is 0.313. The third kappa shape index (κ3) is 2.11. The zero-order chi connectivity index (χ0) is 14.1. The molecule has 2 aromatic rings. The van der Waals surface area contributed by atoms with Gasteiger partial charge in [0.05, 0.1) is 6.61 Å². The van der Waals surface area contributed by atoms with E-state index in [9.17, 15) is 4.79 Å². The summed E-state index contributed by atoms with van der Waals surface area (Å²) in [6, 6.07) is 0.308. The zero-order valence-corrected chi connectivity index (χ0v) is 11.6. The van der Waals surface area contributed by atoms with Crippen LogP contribution in [0.4, 0.5) is 5.82 Å². The monoisotopic (exact) mass is 278 g/mol. The number of ether oxygens (including phenoxy) is 1. The van der Waals surface area contributed by atoms with E-state index in [1.165, 1.54) is 4.57 Å². The molecular formula is C12H18N6O2. The first-order chi connectivity index (χ1) is 9.70. The topological polar surface area (TPSA) is 88.1 Å². The second-order valence-electron chi connectivity index (χ2n) is 4.69. The number of hydrogen-bond donors (Lipinski definition) is 2. The summed E-state index contributed by atoms with van der Waals surface area (Å²) in [7, 11) is 1.69. The number of fused-ring (bicyclic) bond motifs is 1. The van der Waals surface area contributed by atoms with Crippen LogP contribution in [0, 0.1) is 0 Å². The molecule has 1 aliphatic heterocycles. The van der Waals surface area contributed by atoms with E-state index in [0.29, 0.717) is 23.8 Å². The van der Waals surface area contributed by atoms with E-state index in [2.05, 4.69) is 25.2 Å². The number of aromatic amines is 1. The molecule has 108 valence electrons. The lowest BCUT2D eigenvalue weighted by atomic mass is 10.3. The number of aryl methyl sites for hydroxylation is 1. The van der Waals surface area contributed by atoms with Crippen molar-refractivity contribution in [3.05, 3.63) is 10.5 Å². The van der Waals surface area contributed by atoms with Crippen molar-refractivity contribution >= 4 is 17.0 Å². The average Bonchev–Trinajstić information content (AvgIpc) is 2.76. The molecule has 0 atom stereocenters. The van der Waals surface area contributed by atoms with E-state index in [1.54, 1.807) is 7.05 Å². The molecule has 0 aromatic carbocycles. The molecule has 0 amide bonds. The predicted molar refractivity (Wildman–Crippen MR) is 75.4 cm³/mol. The van der Waals surface area contributed by atoms with Gasteiger partial charge in [0.15, 0.2) is 11.5 Å². The molecule has 2 N–H and O–H groups in total. The van der Waals surface area contributed by atoms with Gasteiger partial charge in [0.2, 0.25) is 0 Å². The van der Waals surface area contributed by atoms with Crippen molar-refractivity contribution in [1.29, 1.82) is 0 Å². The Morgan fingerprint density at radius 3 is 2.75 bits per heavy atom. The molecule has 3 heterocycles. The van der Waals surface area contributed by atoms with Crippen molar-refractivity contribution in [2.24, 2.45) is 7.05 Å². The average molecular weight is 278 g/mol. The van der Waals surface area contributed by atoms with Gasteiger partial charge in [-0.05, 0) is 6.92 Å². The van der Waals surface area contributed by atoms with Crippen LogP contribution in [0.1, 0.15) is 6.92 Å². The van der Waals surface area contributed by atoms with Crippen molar-refractivity contribution in [3.8, 4) is 6.01 Å². The molecule has 0 radical (unpaired) electrons. The van der Waals surface area contributed by atoms with Gasteiger partial charge in [0, 0.05) is 33.2 Å². The molecule has 8 nitrogen and oxygen atoms in total. The van der Waals surface area contributed by atoms with Crippen LogP contribution in [0.2, 0.25) is 0 Å². The molecule has 2 aromatic heterocycles. The van der Waals surface area contributed by atoms with Gasteiger partial charge in [-0.25, -0.2) is 4.79 Å². The molecule has 0 spiro atoms. The quantitative estimate of drug-likeness (QED) is 0.784. The number of imidazole rings is 1. The molecule has 20 heavy (non-hydrogen) atoms. The lowest BCUT2D eigenvalue weighted by Crippen LogP contribution is -2.44. The van der Waals surface area contributed by atoms with Gasteiger partial charge in [0.1, 0.15) is 5.52 Å². The van der Waals surface area contributed by atoms with E-state index in [4.69, 9.17) is 4.74 Å². The molecule has 1 fully saturated rings. The summed E-state index contributed by atoms with van der Waals surface area (Å²) >= 11 is 0. The van der Waals surface area contributed by atoms with E-state index >= 15 is 0 Å². The Labute approximate surface area is 115 Å². The third-order valence-corrected chi connectivity index (χ3v) is 3.39. The van der Waals surface area contributed by atoms with Crippen molar-refractivity contribution in [2.75, 3.05) is 37.7 Å². The van der Waals surface area contributed by atoms with E-state index in [0.717, 1.165) is 32.0 Å². The first-order valence-electron chi connectivity index (χ1n) is 6.76. The summed E-state index contributed by atoms with van der Waals surface area (Å²) in [5.74, 6) is 0.734. The fourth-order valence-corrected chi connectivity index (χ4v) is 2.36. The highest BCUT2D eigenvalue weighted by Gasteiger charge is 2.20. The molecule has 0 aliphatic carbocycles. The molecule has 1 saturated heterocycles. The molecule has 0 saturated carbocycles. The van der Waals surface area contributed by atoms with Gasteiger partial charge in [0.25, 0.3) is 0 Å². The molecule has 0 bridgehead atoms. The van der Waals surface area contributed by atoms with Crippen molar-refractivity contribution in [2.45, 2.75) is 6.92 Å². The Hall–Kier alpha value is -2.09. The molecule has 3 rings (SSSR count). The number of hydrogen-bond acceptors (Lipinski definition) is 6. The van der Waals surface area contributed by atoms with Crippen LogP contribution in [0.3, 0.4) is 0 Å². The highest BCUT2D eigenvalue weighted by atomic mass is 16.5. The van der Waals surface area contributed by atoms with E-state index < -0.39 is 0 Å². The number of aromatic nitrogens is 4. The van der Waals surface area contributed by atoms with Gasteiger partial charge >= 0.3 is 11.7 Å². The van der Waals surface area contributed by atoms with Crippen LogP contribution in [-0.4, -0.2) is 52.3 Å². The zero-order valence-electron chi connectivity index (χ0n) is 11.6. The molecule has 8 heteroatoms. The van der Waals surface area contributed by atoms with Gasteiger partial charge in [-0.2, -0.15) is 9.97 Å². The van der Waals surface area contributed by atoms with Crippen LogP contribution in [0.5, 0.6) is 6.01 Å². The van der Waals surface area contributed by atoms with Crippen LogP contribution in [-0.2, 0) is 7.05 Å². The van der Waals surface area contributed by atoms with Crippen molar-refractivity contribution in [1.82, 2.24) is 24.8 Å². The van der Waals surface area contributed by atoms with Gasteiger partial charge in [-0.3, -0.25) is 4.57 Å².